The second kappa shape index (κ2) is 5.40. The van der Waals surface area contributed by atoms with Crippen LogP contribution in [0.1, 0.15) is 11.1 Å². The molecule has 7 heteroatoms. The number of rotatable bonds is 1. The van der Waals surface area contributed by atoms with Crippen molar-refractivity contribution in [2.75, 3.05) is 5.32 Å². The number of fused-ring (bicyclic) bond motifs is 1. The third kappa shape index (κ3) is 3.02. The summed E-state index contributed by atoms with van der Waals surface area (Å²) in [6.45, 7) is 0.409. The fourth-order valence-corrected chi connectivity index (χ4v) is 2.79. The maximum atomic E-state index is 12.9. The van der Waals surface area contributed by atoms with Crippen LogP contribution >= 0.6 is 11.8 Å². The molecule has 0 bridgehead atoms. The normalized spacial score (nSPS) is 14.3. The molecule has 0 atom stereocenters. The number of hydrogen-bond acceptors (Lipinski definition) is 4. The Morgan fingerprint density at radius 2 is 1.90 bits per heavy atom. The summed E-state index contributed by atoms with van der Waals surface area (Å²) in [5.41, 5.74) is 0.257. The van der Waals surface area contributed by atoms with E-state index in [0.717, 1.165) is 16.7 Å². The van der Waals surface area contributed by atoms with Gasteiger partial charge in [-0.2, -0.15) is 13.2 Å². The summed E-state index contributed by atoms with van der Waals surface area (Å²) in [6.07, 6.45) is -2.75. The van der Waals surface area contributed by atoms with Crippen LogP contribution in [0.3, 0.4) is 0 Å². The largest absolute Gasteiger partial charge is 0.418 e. The molecular formula is C14H10F3N3S. The molecule has 1 aromatic carbocycles. The van der Waals surface area contributed by atoms with Gasteiger partial charge in [-0.05, 0) is 30.0 Å². The Kier molecular flexibility index (Phi) is 3.59. The summed E-state index contributed by atoms with van der Waals surface area (Å²) in [4.78, 5) is 8.45. The van der Waals surface area contributed by atoms with Crippen molar-refractivity contribution in [2.24, 2.45) is 4.99 Å². The number of hydrogen-bond donors (Lipinski definition) is 1. The minimum Gasteiger partial charge on any atom is -0.334 e. The van der Waals surface area contributed by atoms with Crippen molar-refractivity contribution >= 4 is 22.6 Å². The summed E-state index contributed by atoms with van der Waals surface area (Å²) in [5, 5.41) is 3.93. The summed E-state index contributed by atoms with van der Waals surface area (Å²) < 4.78 is 38.8. The number of nitrogens with zero attached hydrogens (tertiary/aromatic N) is 2. The van der Waals surface area contributed by atoms with Crippen molar-refractivity contribution in [3.05, 3.63) is 53.7 Å². The van der Waals surface area contributed by atoms with Crippen LogP contribution in [0.5, 0.6) is 0 Å². The standard InChI is InChI=1S/C14H10F3N3S/c15-14(16,17)10-5-1-2-6-11(10)20-13-19-8-9-4-3-7-18-12(9)21-13/h1-7H,8H2,(H,19,20). The van der Waals surface area contributed by atoms with Crippen molar-refractivity contribution in [3.8, 4) is 0 Å². The summed E-state index contributed by atoms with van der Waals surface area (Å²) in [5.74, 6) is 0. The molecule has 1 N–H and O–H groups in total. The first-order valence-electron chi connectivity index (χ1n) is 6.13. The zero-order valence-corrected chi connectivity index (χ0v) is 11.5. The molecule has 1 aromatic heterocycles. The smallest absolute Gasteiger partial charge is 0.334 e. The van der Waals surface area contributed by atoms with Gasteiger partial charge in [0.1, 0.15) is 5.03 Å². The minimum atomic E-state index is -4.40. The number of anilines is 1. The lowest BCUT2D eigenvalue weighted by Crippen LogP contribution is -2.16. The van der Waals surface area contributed by atoms with Crippen molar-refractivity contribution in [1.82, 2.24) is 4.98 Å². The molecule has 21 heavy (non-hydrogen) atoms. The molecule has 0 saturated heterocycles. The van der Waals surface area contributed by atoms with Gasteiger partial charge in [-0.25, -0.2) is 4.98 Å². The maximum Gasteiger partial charge on any atom is 0.418 e. The highest BCUT2D eigenvalue weighted by Crippen LogP contribution is 2.36. The molecule has 1 aliphatic rings. The van der Waals surface area contributed by atoms with Gasteiger partial charge in [0.25, 0.3) is 0 Å². The zero-order valence-electron chi connectivity index (χ0n) is 10.7. The van der Waals surface area contributed by atoms with Gasteiger partial charge in [-0.3, -0.25) is 4.99 Å². The predicted octanol–water partition coefficient (Wildman–Crippen LogP) is 4.17. The number of aromatic nitrogens is 1. The molecule has 0 saturated carbocycles. The molecule has 0 spiro atoms. The number of pyridine rings is 1. The van der Waals surface area contributed by atoms with Crippen LogP contribution in [0.15, 0.2) is 52.6 Å². The van der Waals surface area contributed by atoms with E-state index in [-0.39, 0.29) is 5.69 Å². The van der Waals surface area contributed by atoms with Gasteiger partial charge in [-0.1, -0.05) is 18.2 Å². The van der Waals surface area contributed by atoms with E-state index in [2.05, 4.69) is 15.3 Å². The van der Waals surface area contributed by atoms with Crippen LogP contribution in [-0.4, -0.2) is 10.2 Å². The van der Waals surface area contributed by atoms with Gasteiger partial charge in [0.05, 0.1) is 17.8 Å². The van der Waals surface area contributed by atoms with Crippen LogP contribution in [-0.2, 0) is 12.7 Å². The molecule has 1 aliphatic heterocycles. The average molecular weight is 309 g/mol. The molecule has 0 amide bonds. The van der Waals surface area contributed by atoms with E-state index >= 15 is 0 Å². The Bertz CT molecular complexity index is 698. The number of amidine groups is 1. The second-order valence-corrected chi connectivity index (χ2v) is 5.34. The van der Waals surface area contributed by atoms with Gasteiger partial charge in [0, 0.05) is 11.8 Å². The summed E-state index contributed by atoms with van der Waals surface area (Å²) >= 11 is 1.23. The van der Waals surface area contributed by atoms with E-state index in [1.165, 1.54) is 23.9 Å². The third-order valence-corrected chi connectivity index (χ3v) is 3.90. The van der Waals surface area contributed by atoms with E-state index in [1.807, 2.05) is 12.1 Å². The average Bonchev–Trinajstić information content (AvgIpc) is 2.46. The highest BCUT2D eigenvalue weighted by molar-refractivity contribution is 8.14. The van der Waals surface area contributed by atoms with Gasteiger partial charge in [0.15, 0.2) is 5.17 Å². The Hall–Kier alpha value is -2.02. The van der Waals surface area contributed by atoms with Crippen molar-refractivity contribution in [3.63, 3.8) is 0 Å². The predicted molar refractivity (Wildman–Crippen MR) is 76.3 cm³/mol. The minimum absolute atomic E-state index is 0.00405. The SMILES string of the molecule is FC(F)(F)c1ccccc1NC1=NCc2cccnc2S1. The molecule has 0 unspecified atom stereocenters. The summed E-state index contributed by atoms with van der Waals surface area (Å²) in [7, 11) is 0. The van der Waals surface area contributed by atoms with Crippen molar-refractivity contribution < 1.29 is 13.2 Å². The van der Waals surface area contributed by atoms with Gasteiger partial charge < -0.3 is 5.32 Å². The first kappa shape index (κ1) is 13.9. The van der Waals surface area contributed by atoms with Crippen LogP contribution in [0.4, 0.5) is 18.9 Å². The quantitative estimate of drug-likeness (QED) is 0.859. The fourth-order valence-electron chi connectivity index (χ4n) is 1.94. The Labute approximate surface area is 123 Å². The number of aliphatic imine (C=N–C) groups is 1. The molecule has 3 rings (SSSR count). The van der Waals surface area contributed by atoms with E-state index < -0.39 is 11.7 Å². The number of nitrogens with one attached hydrogen (secondary N) is 1. The second-order valence-electron chi connectivity index (χ2n) is 4.36. The number of thioether (sulfide) groups is 1. The maximum absolute atomic E-state index is 12.9. The molecule has 2 heterocycles. The molecule has 0 radical (unpaired) electrons. The van der Waals surface area contributed by atoms with Crippen LogP contribution in [0.25, 0.3) is 0 Å². The van der Waals surface area contributed by atoms with E-state index in [4.69, 9.17) is 0 Å². The fraction of sp³-hybridized carbons (Fsp3) is 0.143. The lowest BCUT2D eigenvalue weighted by molar-refractivity contribution is -0.136. The molecule has 3 nitrogen and oxygen atoms in total. The summed E-state index contributed by atoms with van der Waals surface area (Å²) in [6, 6.07) is 9.06. The highest BCUT2D eigenvalue weighted by Gasteiger charge is 2.33. The van der Waals surface area contributed by atoms with Crippen LogP contribution in [0, 0.1) is 0 Å². The molecule has 2 aromatic rings. The topological polar surface area (TPSA) is 37.3 Å². The van der Waals surface area contributed by atoms with E-state index in [9.17, 15) is 13.2 Å². The zero-order chi connectivity index (χ0) is 14.9. The van der Waals surface area contributed by atoms with E-state index in [0.29, 0.717) is 11.7 Å². The Morgan fingerprint density at radius 1 is 1.10 bits per heavy atom. The van der Waals surface area contributed by atoms with Crippen LogP contribution < -0.4 is 5.32 Å². The van der Waals surface area contributed by atoms with Gasteiger partial charge >= 0.3 is 6.18 Å². The Morgan fingerprint density at radius 3 is 2.71 bits per heavy atom. The van der Waals surface area contributed by atoms with E-state index in [1.54, 1.807) is 12.3 Å². The third-order valence-electron chi connectivity index (χ3n) is 2.91. The number of halogens is 3. The molecule has 108 valence electrons. The lowest BCUT2D eigenvalue weighted by atomic mass is 10.2. The number of benzene rings is 1. The highest BCUT2D eigenvalue weighted by atomic mass is 32.2. The molecule has 0 aliphatic carbocycles. The molecule has 0 fully saturated rings. The first-order chi connectivity index (χ1) is 10.0. The van der Waals surface area contributed by atoms with Gasteiger partial charge in [-0.15, -0.1) is 0 Å². The monoisotopic (exact) mass is 309 g/mol. The first-order valence-corrected chi connectivity index (χ1v) is 6.95. The van der Waals surface area contributed by atoms with Crippen molar-refractivity contribution in [2.45, 2.75) is 17.7 Å². The number of alkyl halides is 3. The van der Waals surface area contributed by atoms with Gasteiger partial charge in [0.2, 0.25) is 0 Å². The van der Waals surface area contributed by atoms with Crippen molar-refractivity contribution in [1.29, 1.82) is 0 Å². The Balaban J connectivity index is 1.85. The number of para-hydroxylation sites is 1. The molecular weight excluding hydrogens is 299 g/mol. The van der Waals surface area contributed by atoms with Crippen LogP contribution in [0.2, 0.25) is 0 Å². The lowest BCUT2D eigenvalue weighted by Gasteiger charge is -2.18.